The summed E-state index contributed by atoms with van der Waals surface area (Å²) >= 11 is 0. The molecule has 0 radical (unpaired) electrons. The normalized spacial score (nSPS) is 22.8. The lowest BCUT2D eigenvalue weighted by atomic mass is 10.1. The Bertz CT molecular complexity index is 550. The molecule has 1 aliphatic rings. The number of morpholine rings is 1. The molecule has 0 bridgehead atoms. The van der Waals surface area contributed by atoms with E-state index in [2.05, 4.69) is 0 Å². The molecule has 0 aliphatic carbocycles. The van der Waals surface area contributed by atoms with E-state index in [1.54, 1.807) is 17.0 Å². The summed E-state index contributed by atoms with van der Waals surface area (Å²) in [7, 11) is 0. The van der Waals surface area contributed by atoms with Gasteiger partial charge in [-0.2, -0.15) is 13.2 Å². The van der Waals surface area contributed by atoms with Crippen LogP contribution in [0.5, 0.6) is 5.75 Å². The minimum atomic E-state index is -4.41. The molecule has 128 valence electrons. The fraction of sp³-hybridized carbons (Fsp3) is 0.533. The SMILES string of the molecule is CC1C(C(F)(F)F)OCCN1CCOc1ccccc1C(=O)O. The number of carbonyl (C=O) groups is 1. The van der Waals surface area contributed by atoms with Gasteiger partial charge in [-0.3, -0.25) is 4.90 Å². The summed E-state index contributed by atoms with van der Waals surface area (Å²) < 4.78 is 48.8. The van der Waals surface area contributed by atoms with Gasteiger partial charge < -0.3 is 14.6 Å². The molecular formula is C15H18F3NO4. The molecule has 0 saturated carbocycles. The lowest BCUT2D eigenvalue weighted by molar-refractivity contribution is -0.251. The Balaban J connectivity index is 1.93. The fourth-order valence-corrected chi connectivity index (χ4v) is 2.56. The number of nitrogens with zero attached hydrogens (tertiary/aromatic N) is 1. The third kappa shape index (κ3) is 4.35. The summed E-state index contributed by atoms with van der Waals surface area (Å²) in [5.74, 6) is -0.911. The third-order valence-corrected chi connectivity index (χ3v) is 3.77. The van der Waals surface area contributed by atoms with Crippen molar-refractivity contribution in [2.24, 2.45) is 0 Å². The second-order valence-electron chi connectivity index (χ2n) is 5.26. The highest BCUT2D eigenvalue weighted by Crippen LogP contribution is 2.29. The van der Waals surface area contributed by atoms with Crippen molar-refractivity contribution in [2.75, 3.05) is 26.3 Å². The summed E-state index contributed by atoms with van der Waals surface area (Å²) in [6.07, 6.45) is -6.22. The average molecular weight is 333 g/mol. The van der Waals surface area contributed by atoms with Crippen LogP contribution in [-0.2, 0) is 4.74 Å². The largest absolute Gasteiger partial charge is 0.491 e. The molecule has 0 spiro atoms. The predicted molar refractivity (Wildman–Crippen MR) is 75.7 cm³/mol. The monoisotopic (exact) mass is 333 g/mol. The van der Waals surface area contributed by atoms with Crippen molar-refractivity contribution in [3.05, 3.63) is 29.8 Å². The first-order valence-corrected chi connectivity index (χ1v) is 7.18. The van der Waals surface area contributed by atoms with Crippen molar-refractivity contribution < 1.29 is 32.5 Å². The summed E-state index contributed by atoms with van der Waals surface area (Å²) in [6.45, 7) is 2.19. The van der Waals surface area contributed by atoms with E-state index in [1.807, 2.05) is 0 Å². The quantitative estimate of drug-likeness (QED) is 0.897. The van der Waals surface area contributed by atoms with Crippen LogP contribution in [0.4, 0.5) is 13.2 Å². The lowest BCUT2D eigenvalue weighted by Crippen LogP contribution is -2.56. The van der Waals surface area contributed by atoms with E-state index in [0.717, 1.165) is 0 Å². The van der Waals surface area contributed by atoms with Crippen molar-refractivity contribution in [3.63, 3.8) is 0 Å². The first-order valence-electron chi connectivity index (χ1n) is 7.18. The molecule has 23 heavy (non-hydrogen) atoms. The van der Waals surface area contributed by atoms with Crippen molar-refractivity contribution >= 4 is 5.97 Å². The maximum atomic E-state index is 12.8. The highest BCUT2D eigenvalue weighted by atomic mass is 19.4. The second-order valence-corrected chi connectivity index (χ2v) is 5.26. The lowest BCUT2D eigenvalue weighted by Gasteiger charge is -2.39. The van der Waals surface area contributed by atoms with E-state index in [9.17, 15) is 18.0 Å². The molecule has 2 rings (SSSR count). The maximum Gasteiger partial charge on any atom is 0.416 e. The number of hydrogen-bond donors (Lipinski definition) is 1. The summed E-state index contributed by atoms with van der Waals surface area (Å²) in [4.78, 5) is 12.7. The highest BCUT2D eigenvalue weighted by molar-refractivity contribution is 5.90. The maximum absolute atomic E-state index is 12.8. The van der Waals surface area contributed by atoms with Gasteiger partial charge in [0.25, 0.3) is 0 Å². The van der Waals surface area contributed by atoms with Crippen LogP contribution >= 0.6 is 0 Å². The average Bonchev–Trinajstić information content (AvgIpc) is 2.48. The Morgan fingerprint density at radius 1 is 1.43 bits per heavy atom. The molecule has 8 heteroatoms. The molecule has 1 heterocycles. The summed E-state index contributed by atoms with van der Waals surface area (Å²) in [6, 6.07) is 5.33. The number of ether oxygens (including phenoxy) is 2. The number of carboxylic acid groups (broad SMARTS) is 1. The zero-order chi connectivity index (χ0) is 17.0. The number of rotatable bonds is 5. The number of halogens is 3. The topological polar surface area (TPSA) is 59.0 Å². The van der Waals surface area contributed by atoms with Gasteiger partial charge in [0.1, 0.15) is 17.9 Å². The van der Waals surface area contributed by atoms with E-state index in [4.69, 9.17) is 14.6 Å². The zero-order valence-electron chi connectivity index (χ0n) is 12.5. The van der Waals surface area contributed by atoms with Crippen LogP contribution < -0.4 is 4.74 Å². The van der Waals surface area contributed by atoms with E-state index in [1.165, 1.54) is 19.1 Å². The number of carboxylic acids is 1. The van der Waals surface area contributed by atoms with Crippen molar-refractivity contribution in [1.82, 2.24) is 4.90 Å². The standard InChI is InChI=1S/C15H18F3NO4/c1-10-13(15(16,17)18)23-9-7-19(10)6-8-22-12-5-3-2-4-11(12)14(20)21/h2-5,10,13H,6-9H2,1H3,(H,20,21). The molecule has 5 nitrogen and oxygen atoms in total. The predicted octanol–water partition coefficient (Wildman–Crippen LogP) is 2.42. The van der Waals surface area contributed by atoms with Gasteiger partial charge in [-0.15, -0.1) is 0 Å². The fourth-order valence-electron chi connectivity index (χ4n) is 2.56. The van der Waals surface area contributed by atoms with Gasteiger partial charge in [-0.25, -0.2) is 4.79 Å². The zero-order valence-corrected chi connectivity index (χ0v) is 12.5. The number of hydrogen-bond acceptors (Lipinski definition) is 4. The van der Waals surface area contributed by atoms with Crippen molar-refractivity contribution in [2.45, 2.75) is 25.2 Å². The van der Waals surface area contributed by atoms with Crippen LogP contribution in [-0.4, -0.2) is 60.6 Å². The Labute approximate surface area is 131 Å². The molecule has 2 atom stereocenters. The van der Waals surface area contributed by atoms with Crippen LogP contribution in [0, 0.1) is 0 Å². The van der Waals surface area contributed by atoms with Crippen molar-refractivity contribution in [1.29, 1.82) is 0 Å². The summed E-state index contributed by atoms with van der Waals surface area (Å²) in [5.41, 5.74) is 0.0238. The van der Waals surface area contributed by atoms with Gasteiger partial charge >= 0.3 is 12.1 Å². The Kier molecular flexibility index (Phi) is 5.48. The molecule has 0 amide bonds. The van der Waals surface area contributed by atoms with E-state index in [0.29, 0.717) is 6.54 Å². The molecule has 1 N–H and O–H groups in total. The van der Waals surface area contributed by atoms with Crippen LogP contribution in [0.3, 0.4) is 0 Å². The molecule has 1 aromatic carbocycles. The van der Waals surface area contributed by atoms with Gasteiger partial charge in [-0.1, -0.05) is 12.1 Å². The van der Waals surface area contributed by atoms with Crippen LogP contribution in [0.25, 0.3) is 0 Å². The van der Waals surface area contributed by atoms with E-state index < -0.39 is 24.3 Å². The first kappa shape index (κ1) is 17.6. The molecule has 2 unspecified atom stereocenters. The minimum absolute atomic E-state index is 0.000228. The number of benzene rings is 1. The second kappa shape index (κ2) is 7.18. The van der Waals surface area contributed by atoms with Crippen LogP contribution in [0.2, 0.25) is 0 Å². The van der Waals surface area contributed by atoms with E-state index >= 15 is 0 Å². The van der Waals surface area contributed by atoms with Gasteiger partial charge in [0.2, 0.25) is 0 Å². The molecular weight excluding hydrogens is 315 g/mol. The Hall–Kier alpha value is -1.80. The van der Waals surface area contributed by atoms with E-state index in [-0.39, 0.29) is 31.1 Å². The highest BCUT2D eigenvalue weighted by Gasteiger charge is 2.47. The third-order valence-electron chi connectivity index (χ3n) is 3.77. The molecule has 1 aliphatic heterocycles. The molecule has 1 saturated heterocycles. The van der Waals surface area contributed by atoms with Gasteiger partial charge in [0, 0.05) is 19.1 Å². The summed E-state index contributed by atoms with van der Waals surface area (Å²) in [5, 5.41) is 9.05. The Morgan fingerprint density at radius 3 is 2.78 bits per heavy atom. The van der Waals surface area contributed by atoms with Crippen LogP contribution in [0.15, 0.2) is 24.3 Å². The molecule has 1 fully saturated rings. The smallest absolute Gasteiger partial charge is 0.416 e. The van der Waals surface area contributed by atoms with Crippen molar-refractivity contribution in [3.8, 4) is 5.75 Å². The van der Waals surface area contributed by atoms with Gasteiger partial charge in [0.15, 0.2) is 6.10 Å². The number of alkyl halides is 3. The first-order chi connectivity index (χ1) is 10.8. The Morgan fingerprint density at radius 2 is 2.13 bits per heavy atom. The van der Waals surface area contributed by atoms with Crippen LogP contribution in [0.1, 0.15) is 17.3 Å². The number of aromatic carboxylic acids is 1. The van der Waals surface area contributed by atoms with Gasteiger partial charge in [-0.05, 0) is 19.1 Å². The minimum Gasteiger partial charge on any atom is -0.491 e. The van der Waals surface area contributed by atoms with Gasteiger partial charge in [0.05, 0.1) is 6.61 Å². The number of para-hydroxylation sites is 1. The molecule has 0 aromatic heterocycles. The molecule has 1 aromatic rings.